The first-order valence-electron chi connectivity index (χ1n) is 5.16. The molecule has 0 heteroatoms. The van der Waals surface area contributed by atoms with Gasteiger partial charge in [-0.1, -0.05) is 40.5 Å². The summed E-state index contributed by atoms with van der Waals surface area (Å²) in [5.41, 5.74) is 0. The average molecular weight is 154 g/mol. The second-order valence-electron chi connectivity index (χ2n) is 4.44. The fourth-order valence-electron chi connectivity index (χ4n) is 2.53. The van der Waals surface area contributed by atoms with Crippen molar-refractivity contribution >= 4 is 0 Å². The SMILES string of the molecule is CCC1CCC(C)C(C)C1C. The van der Waals surface area contributed by atoms with Gasteiger partial charge in [0, 0.05) is 0 Å². The van der Waals surface area contributed by atoms with E-state index in [0.29, 0.717) is 0 Å². The van der Waals surface area contributed by atoms with Crippen LogP contribution < -0.4 is 0 Å². The minimum absolute atomic E-state index is 0.952. The minimum atomic E-state index is 0.952. The molecule has 0 radical (unpaired) electrons. The lowest BCUT2D eigenvalue weighted by molar-refractivity contribution is 0.123. The Morgan fingerprint density at radius 1 is 1.00 bits per heavy atom. The van der Waals surface area contributed by atoms with Gasteiger partial charge in [-0.3, -0.25) is 0 Å². The van der Waals surface area contributed by atoms with Gasteiger partial charge in [-0.05, 0) is 30.1 Å². The maximum atomic E-state index is 2.44. The molecule has 0 nitrogen and oxygen atoms in total. The summed E-state index contributed by atoms with van der Waals surface area (Å²) in [6.45, 7) is 9.61. The summed E-state index contributed by atoms with van der Waals surface area (Å²) in [6.07, 6.45) is 4.32. The zero-order valence-corrected chi connectivity index (χ0v) is 8.43. The van der Waals surface area contributed by atoms with Gasteiger partial charge >= 0.3 is 0 Å². The molecule has 0 aliphatic heterocycles. The van der Waals surface area contributed by atoms with Gasteiger partial charge in [0.1, 0.15) is 0 Å². The van der Waals surface area contributed by atoms with Crippen molar-refractivity contribution in [2.45, 2.75) is 47.0 Å². The van der Waals surface area contributed by atoms with Crippen LogP contribution in [0.2, 0.25) is 0 Å². The lowest BCUT2D eigenvalue weighted by atomic mass is 9.68. The van der Waals surface area contributed by atoms with Crippen LogP contribution in [0.5, 0.6) is 0 Å². The van der Waals surface area contributed by atoms with E-state index in [0.717, 1.165) is 23.7 Å². The predicted molar refractivity (Wildman–Crippen MR) is 50.5 cm³/mol. The minimum Gasteiger partial charge on any atom is -0.0651 e. The van der Waals surface area contributed by atoms with Crippen LogP contribution >= 0.6 is 0 Å². The monoisotopic (exact) mass is 154 g/mol. The number of hydrogen-bond donors (Lipinski definition) is 0. The molecule has 1 fully saturated rings. The van der Waals surface area contributed by atoms with Gasteiger partial charge in [-0.15, -0.1) is 0 Å². The predicted octanol–water partition coefficient (Wildman–Crippen LogP) is 3.71. The molecule has 0 amide bonds. The van der Waals surface area contributed by atoms with Crippen molar-refractivity contribution in [2.75, 3.05) is 0 Å². The van der Waals surface area contributed by atoms with Crippen LogP contribution in [0.3, 0.4) is 0 Å². The Kier molecular flexibility index (Phi) is 2.98. The molecule has 1 aliphatic rings. The third kappa shape index (κ3) is 1.77. The fourth-order valence-corrected chi connectivity index (χ4v) is 2.53. The molecule has 66 valence electrons. The average Bonchev–Trinajstić information content (AvgIpc) is 2.01. The van der Waals surface area contributed by atoms with Gasteiger partial charge in [0.05, 0.1) is 0 Å². The molecule has 0 saturated heterocycles. The van der Waals surface area contributed by atoms with Crippen LogP contribution in [0, 0.1) is 23.7 Å². The van der Waals surface area contributed by atoms with Crippen LogP contribution in [0.25, 0.3) is 0 Å². The van der Waals surface area contributed by atoms with Gasteiger partial charge in [0.25, 0.3) is 0 Å². The summed E-state index contributed by atoms with van der Waals surface area (Å²) in [4.78, 5) is 0. The van der Waals surface area contributed by atoms with E-state index < -0.39 is 0 Å². The van der Waals surface area contributed by atoms with Crippen LogP contribution in [-0.2, 0) is 0 Å². The molecule has 0 aromatic carbocycles. The molecule has 0 bridgehead atoms. The molecule has 0 spiro atoms. The molecule has 1 saturated carbocycles. The number of rotatable bonds is 1. The zero-order chi connectivity index (χ0) is 8.43. The van der Waals surface area contributed by atoms with Crippen LogP contribution in [0.1, 0.15) is 47.0 Å². The summed E-state index contributed by atoms with van der Waals surface area (Å²) in [5.74, 6) is 3.89. The fraction of sp³-hybridized carbons (Fsp3) is 1.00. The second-order valence-corrected chi connectivity index (χ2v) is 4.44. The first-order valence-corrected chi connectivity index (χ1v) is 5.16. The summed E-state index contributed by atoms with van der Waals surface area (Å²) in [7, 11) is 0. The summed E-state index contributed by atoms with van der Waals surface area (Å²) >= 11 is 0. The van der Waals surface area contributed by atoms with E-state index in [-0.39, 0.29) is 0 Å². The van der Waals surface area contributed by atoms with Crippen molar-refractivity contribution in [3.8, 4) is 0 Å². The van der Waals surface area contributed by atoms with E-state index in [2.05, 4.69) is 27.7 Å². The van der Waals surface area contributed by atoms with E-state index in [1.165, 1.54) is 19.3 Å². The molecule has 1 rings (SSSR count). The standard InChI is InChI=1S/C11H22/c1-5-11-7-6-8(2)9(3)10(11)4/h8-11H,5-7H2,1-4H3. The maximum Gasteiger partial charge on any atom is -0.0386 e. The highest BCUT2D eigenvalue weighted by molar-refractivity contribution is 4.80. The van der Waals surface area contributed by atoms with Crippen molar-refractivity contribution in [1.82, 2.24) is 0 Å². The Morgan fingerprint density at radius 3 is 2.18 bits per heavy atom. The molecule has 4 atom stereocenters. The van der Waals surface area contributed by atoms with E-state index in [1.54, 1.807) is 0 Å². The summed E-state index contributed by atoms with van der Waals surface area (Å²) in [6, 6.07) is 0. The Labute approximate surface area is 71.4 Å². The Bertz CT molecular complexity index is 115. The number of hydrogen-bond acceptors (Lipinski definition) is 0. The van der Waals surface area contributed by atoms with E-state index in [1.807, 2.05) is 0 Å². The van der Waals surface area contributed by atoms with Gasteiger partial charge in [0.2, 0.25) is 0 Å². The van der Waals surface area contributed by atoms with E-state index in [9.17, 15) is 0 Å². The molecule has 0 aromatic heterocycles. The normalized spacial score (nSPS) is 45.8. The van der Waals surface area contributed by atoms with Crippen molar-refractivity contribution < 1.29 is 0 Å². The largest absolute Gasteiger partial charge is 0.0651 e. The first kappa shape index (κ1) is 9.09. The molecule has 11 heavy (non-hydrogen) atoms. The molecule has 0 N–H and O–H groups in total. The molecular formula is C11H22. The van der Waals surface area contributed by atoms with Crippen molar-refractivity contribution in [2.24, 2.45) is 23.7 Å². The van der Waals surface area contributed by atoms with Crippen molar-refractivity contribution in [3.63, 3.8) is 0 Å². The summed E-state index contributed by atoms with van der Waals surface area (Å²) in [5, 5.41) is 0. The first-order chi connectivity index (χ1) is 5.16. The lowest BCUT2D eigenvalue weighted by Crippen LogP contribution is -2.29. The third-order valence-corrected chi connectivity index (χ3v) is 3.99. The van der Waals surface area contributed by atoms with Crippen LogP contribution in [-0.4, -0.2) is 0 Å². The Morgan fingerprint density at radius 2 is 1.64 bits per heavy atom. The van der Waals surface area contributed by atoms with Gasteiger partial charge < -0.3 is 0 Å². The van der Waals surface area contributed by atoms with Crippen LogP contribution in [0.15, 0.2) is 0 Å². The van der Waals surface area contributed by atoms with E-state index in [4.69, 9.17) is 0 Å². The quantitative estimate of drug-likeness (QED) is 0.540. The highest BCUT2D eigenvalue weighted by Crippen LogP contribution is 2.39. The second kappa shape index (κ2) is 3.60. The molecule has 0 aromatic rings. The van der Waals surface area contributed by atoms with E-state index >= 15 is 0 Å². The zero-order valence-electron chi connectivity index (χ0n) is 8.43. The molecule has 0 heterocycles. The topological polar surface area (TPSA) is 0 Å². The van der Waals surface area contributed by atoms with Crippen molar-refractivity contribution in [1.29, 1.82) is 0 Å². The molecule has 4 unspecified atom stereocenters. The summed E-state index contributed by atoms with van der Waals surface area (Å²) < 4.78 is 0. The Balaban J connectivity index is 2.52. The highest BCUT2D eigenvalue weighted by Gasteiger charge is 2.30. The lowest BCUT2D eigenvalue weighted by Gasteiger charge is -2.38. The Hall–Kier alpha value is 0. The third-order valence-electron chi connectivity index (χ3n) is 3.99. The van der Waals surface area contributed by atoms with Crippen LogP contribution in [0.4, 0.5) is 0 Å². The van der Waals surface area contributed by atoms with Gasteiger partial charge in [-0.2, -0.15) is 0 Å². The maximum absolute atomic E-state index is 2.44. The van der Waals surface area contributed by atoms with Gasteiger partial charge in [-0.25, -0.2) is 0 Å². The van der Waals surface area contributed by atoms with Gasteiger partial charge in [0.15, 0.2) is 0 Å². The molecule has 1 aliphatic carbocycles. The molecular weight excluding hydrogens is 132 g/mol. The van der Waals surface area contributed by atoms with Crippen molar-refractivity contribution in [3.05, 3.63) is 0 Å². The highest BCUT2D eigenvalue weighted by atomic mass is 14.4. The smallest absolute Gasteiger partial charge is 0.0386 e.